The molecule has 4 heteroatoms. The summed E-state index contributed by atoms with van der Waals surface area (Å²) in [4.78, 5) is 4.35. The number of benzene rings is 1. The highest BCUT2D eigenvalue weighted by Gasteiger charge is 2.08. The molecule has 0 heterocycles. The van der Waals surface area contributed by atoms with Crippen LogP contribution >= 0.6 is 0 Å². The second-order valence-electron chi connectivity index (χ2n) is 4.85. The van der Waals surface area contributed by atoms with Crippen LogP contribution in [0.2, 0.25) is 0 Å². The highest BCUT2D eigenvalue weighted by atomic mass is 16.5. The minimum absolute atomic E-state index is 0.0448. The summed E-state index contributed by atoms with van der Waals surface area (Å²) < 4.78 is 5.45. The van der Waals surface area contributed by atoms with Crippen LogP contribution in [0.4, 0.5) is 0 Å². The van der Waals surface area contributed by atoms with E-state index in [2.05, 4.69) is 17.2 Å². The third-order valence-corrected chi connectivity index (χ3v) is 3.22. The Morgan fingerprint density at radius 2 is 2.00 bits per heavy atom. The molecule has 1 aromatic carbocycles. The fraction of sp³-hybridized carbons (Fsp3) is 0.562. The molecule has 0 bridgehead atoms. The van der Waals surface area contributed by atoms with Gasteiger partial charge in [0.25, 0.3) is 0 Å². The molecule has 1 aromatic rings. The van der Waals surface area contributed by atoms with Crippen LogP contribution in [0.3, 0.4) is 0 Å². The Morgan fingerprint density at radius 1 is 1.25 bits per heavy atom. The molecule has 0 saturated carbocycles. The molecule has 0 aliphatic carbocycles. The maximum absolute atomic E-state index is 5.85. The summed E-state index contributed by atoms with van der Waals surface area (Å²) in [5.41, 5.74) is 6.97. The predicted octanol–water partition coefficient (Wildman–Crippen LogP) is 2.86. The maximum Gasteiger partial charge on any atom is 0.188 e. The molecule has 20 heavy (non-hydrogen) atoms. The van der Waals surface area contributed by atoms with E-state index in [4.69, 9.17) is 10.5 Å². The van der Waals surface area contributed by atoms with E-state index in [9.17, 15) is 0 Å². The summed E-state index contributed by atoms with van der Waals surface area (Å²) in [5.74, 6) is 0.500. The lowest BCUT2D eigenvalue weighted by Crippen LogP contribution is -2.33. The smallest absolute Gasteiger partial charge is 0.188 e. The summed E-state index contributed by atoms with van der Waals surface area (Å²) in [5, 5.41) is 3.14. The number of ether oxygens (including phenoxy) is 1. The number of hydrogen-bond donors (Lipinski definition) is 2. The van der Waals surface area contributed by atoms with Crippen molar-refractivity contribution in [2.45, 2.75) is 38.7 Å². The van der Waals surface area contributed by atoms with Gasteiger partial charge in [0.05, 0.1) is 6.54 Å². The number of rotatable bonds is 9. The van der Waals surface area contributed by atoms with E-state index in [1.807, 2.05) is 30.3 Å². The second-order valence-corrected chi connectivity index (χ2v) is 4.85. The number of nitrogens with one attached hydrogen (secondary N) is 1. The number of aliphatic imine (C=N–C) groups is 1. The molecule has 0 amide bonds. The first kappa shape index (κ1) is 16.5. The van der Waals surface area contributed by atoms with Crippen LogP contribution in [-0.4, -0.2) is 26.2 Å². The van der Waals surface area contributed by atoms with Crippen molar-refractivity contribution >= 4 is 5.96 Å². The Morgan fingerprint density at radius 3 is 2.65 bits per heavy atom. The van der Waals surface area contributed by atoms with Gasteiger partial charge in [-0.15, -0.1) is 0 Å². The van der Waals surface area contributed by atoms with Gasteiger partial charge in [0.2, 0.25) is 0 Å². The lowest BCUT2D eigenvalue weighted by molar-refractivity contribution is 0.111. The van der Waals surface area contributed by atoms with E-state index in [0.717, 1.165) is 18.5 Å². The Bertz CT molecular complexity index is 379. The molecule has 112 valence electrons. The predicted molar refractivity (Wildman–Crippen MR) is 84.8 cm³/mol. The number of guanidine groups is 1. The minimum atomic E-state index is -0.0448. The van der Waals surface area contributed by atoms with E-state index >= 15 is 0 Å². The van der Waals surface area contributed by atoms with Gasteiger partial charge in [-0.1, -0.05) is 56.5 Å². The molecule has 1 atom stereocenters. The number of nitrogens with two attached hydrogens (primary N) is 1. The van der Waals surface area contributed by atoms with Crippen LogP contribution in [0.15, 0.2) is 35.3 Å². The van der Waals surface area contributed by atoms with Crippen molar-refractivity contribution in [2.24, 2.45) is 10.7 Å². The lowest BCUT2D eigenvalue weighted by atomic mass is 10.1. The Hall–Kier alpha value is -1.55. The molecular formula is C16H27N3O. The molecule has 0 radical (unpaired) electrons. The van der Waals surface area contributed by atoms with Crippen molar-refractivity contribution in [3.63, 3.8) is 0 Å². The highest BCUT2D eigenvalue weighted by Crippen LogP contribution is 2.15. The summed E-state index contributed by atoms with van der Waals surface area (Å²) in [6, 6.07) is 10.1. The summed E-state index contributed by atoms with van der Waals surface area (Å²) in [6.07, 6.45) is 4.85. The van der Waals surface area contributed by atoms with Crippen molar-refractivity contribution in [3.8, 4) is 0 Å². The van der Waals surface area contributed by atoms with Crippen LogP contribution in [0.25, 0.3) is 0 Å². The molecule has 0 aromatic heterocycles. The molecule has 0 aliphatic rings. The molecule has 4 nitrogen and oxygen atoms in total. The van der Waals surface area contributed by atoms with Gasteiger partial charge in [-0.2, -0.15) is 0 Å². The molecule has 0 saturated heterocycles. The zero-order chi connectivity index (χ0) is 14.6. The van der Waals surface area contributed by atoms with E-state index in [0.29, 0.717) is 12.5 Å². The fourth-order valence-electron chi connectivity index (χ4n) is 1.99. The number of methoxy groups -OCH3 is 1. The fourth-order valence-corrected chi connectivity index (χ4v) is 1.99. The van der Waals surface area contributed by atoms with Crippen molar-refractivity contribution < 1.29 is 4.74 Å². The van der Waals surface area contributed by atoms with Crippen LogP contribution in [0, 0.1) is 0 Å². The van der Waals surface area contributed by atoms with Gasteiger partial charge in [-0.05, 0) is 12.0 Å². The first-order valence-electron chi connectivity index (χ1n) is 7.39. The number of unbranched alkanes of at least 4 members (excludes halogenated alkanes) is 3. The highest BCUT2D eigenvalue weighted by molar-refractivity contribution is 5.77. The van der Waals surface area contributed by atoms with Gasteiger partial charge in [-0.3, -0.25) is 4.99 Å². The third kappa shape index (κ3) is 6.57. The van der Waals surface area contributed by atoms with Crippen molar-refractivity contribution in [1.82, 2.24) is 5.32 Å². The zero-order valence-corrected chi connectivity index (χ0v) is 12.6. The van der Waals surface area contributed by atoms with Crippen LogP contribution < -0.4 is 11.1 Å². The lowest BCUT2D eigenvalue weighted by Gasteiger charge is -2.14. The monoisotopic (exact) mass is 277 g/mol. The largest absolute Gasteiger partial charge is 0.375 e. The second kappa shape index (κ2) is 10.3. The summed E-state index contributed by atoms with van der Waals surface area (Å²) >= 11 is 0. The minimum Gasteiger partial charge on any atom is -0.375 e. The van der Waals surface area contributed by atoms with E-state index in [-0.39, 0.29) is 6.10 Å². The van der Waals surface area contributed by atoms with E-state index in [1.165, 1.54) is 19.3 Å². The van der Waals surface area contributed by atoms with Crippen LogP contribution in [0.5, 0.6) is 0 Å². The maximum atomic E-state index is 5.85. The SMILES string of the molecule is CCCCCCNC(N)=NCC(OC)c1ccccc1. The van der Waals surface area contributed by atoms with E-state index < -0.39 is 0 Å². The van der Waals surface area contributed by atoms with Crippen molar-refractivity contribution in [2.75, 3.05) is 20.2 Å². The van der Waals surface area contributed by atoms with Gasteiger partial charge < -0.3 is 15.8 Å². The normalized spacial score (nSPS) is 13.2. The van der Waals surface area contributed by atoms with Crippen LogP contribution in [0.1, 0.15) is 44.3 Å². The molecule has 0 fully saturated rings. The third-order valence-electron chi connectivity index (χ3n) is 3.22. The Labute approximate surface area is 122 Å². The van der Waals surface area contributed by atoms with Gasteiger partial charge in [0.15, 0.2) is 5.96 Å². The molecule has 1 rings (SSSR count). The first-order valence-corrected chi connectivity index (χ1v) is 7.39. The number of hydrogen-bond acceptors (Lipinski definition) is 2. The topological polar surface area (TPSA) is 59.6 Å². The Balaban J connectivity index is 2.33. The summed E-state index contributed by atoms with van der Waals surface area (Å²) in [6.45, 7) is 3.63. The average Bonchev–Trinajstić information content (AvgIpc) is 2.49. The molecule has 0 aliphatic heterocycles. The number of nitrogens with zero attached hydrogens (tertiary/aromatic N) is 1. The standard InChI is InChI=1S/C16H27N3O/c1-3-4-5-9-12-18-16(17)19-13-15(20-2)14-10-7-6-8-11-14/h6-8,10-11,15H,3-5,9,12-13H2,1-2H3,(H3,17,18,19). The molecule has 3 N–H and O–H groups in total. The van der Waals surface area contributed by atoms with Crippen LogP contribution in [-0.2, 0) is 4.74 Å². The quantitative estimate of drug-likeness (QED) is 0.414. The average molecular weight is 277 g/mol. The van der Waals surface area contributed by atoms with Gasteiger partial charge in [0.1, 0.15) is 6.10 Å². The van der Waals surface area contributed by atoms with Crippen molar-refractivity contribution in [1.29, 1.82) is 0 Å². The first-order chi connectivity index (χ1) is 9.77. The molecule has 1 unspecified atom stereocenters. The Kier molecular flexibility index (Phi) is 8.47. The molecule has 0 spiro atoms. The summed E-state index contributed by atoms with van der Waals surface area (Å²) in [7, 11) is 1.70. The molecular weight excluding hydrogens is 250 g/mol. The zero-order valence-electron chi connectivity index (χ0n) is 12.6. The van der Waals surface area contributed by atoms with E-state index in [1.54, 1.807) is 7.11 Å². The van der Waals surface area contributed by atoms with Gasteiger partial charge in [0, 0.05) is 13.7 Å². The van der Waals surface area contributed by atoms with Crippen molar-refractivity contribution in [3.05, 3.63) is 35.9 Å². The van der Waals surface area contributed by atoms with Gasteiger partial charge >= 0.3 is 0 Å². The van der Waals surface area contributed by atoms with Gasteiger partial charge in [-0.25, -0.2) is 0 Å².